The molecule has 1 heterocycles. The van der Waals surface area contributed by atoms with E-state index in [2.05, 4.69) is 24.1 Å². The van der Waals surface area contributed by atoms with Gasteiger partial charge in [0.05, 0.1) is 10.1 Å². The SMILES string of the molecule is CCN(CC)CCCNC(=O)N1CCC(S(=O)(=O)c2ccccc2)C1.O. The van der Waals surface area contributed by atoms with Crippen molar-refractivity contribution >= 4 is 15.9 Å². The van der Waals surface area contributed by atoms with Crippen LogP contribution in [0.1, 0.15) is 26.7 Å². The summed E-state index contributed by atoms with van der Waals surface area (Å²) in [6, 6.07) is 8.32. The van der Waals surface area contributed by atoms with E-state index in [0.29, 0.717) is 24.4 Å². The monoisotopic (exact) mass is 385 g/mol. The van der Waals surface area contributed by atoms with Gasteiger partial charge in [-0.1, -0.05) is 32.0 Å². The van der Waals surface area contributed by atoms with Crippen LogP contribution in [0.5, 0.6) is 0 Å². The lowest BCUT2D eigenvalue weighted by molar-refractivity contribution is 0.207. The molecule has 0 saturated carbocycles. The van der Waals surface area contributed by atoms with Gasteiger partial charge in [-0.2, -0.15) is 0 Å². The van der Waals surface area contributed by atoms with Crippen molar-refractivity contribution in [3.8, 4) is 0 Å². The van der Waals surface area contributed by atoms with E-state index in [-0.39, 0.29) is 18.1 Å². The number of carbonyl (C=O) groups excluding carboxylic acids is 1. The Balaban J connectivity index is 0.00000338. The van der Waals surface area contributed by atoms with E-state index >= 15 is 0 Å². The molecule has 1 atom stereocenters. The highest BCUT2D eigenvalue weighted by Gasteiger charge is 2.35. The zero-order valence-corrected chi connectivity index (χ0v) is 16.5. The first kappa shape index (κ1) is 22.4. The molecule has 1 aromatic rings. The van der Waals surface area contributed by atoms with Crippen molar-refractivity contribution in [1.29, 1.82) is 0 Å². The third-order valence-electron chi connectivity index (χ3n) is 4.76. The smallest absolute Gasteiger partial charge is 0.317 e. The number of benzene rings is 1. The molecule has 26 heavy (non-hydrogen) atoms. The first-order valence-corrected chi connectivity index (χ1v) is 10.6. The summed E-state index contributed by atoms with van der Waals surface area (Å²) in [6.45, 7) is 8.59. The Morgan fingerprint density at radius 3 is 2.50 bits per heavy atom. The van der Waals surface area contributed by atoms with Gasteiger partial charge < -0.3 is 20.6 Å². The summed E-state index contributed by atoms with van der Waals surface area (Å²) >= 11 is 0. The van der Waals surface area contributed by atoms with Gasteiger partial charge in [0, 0.05) is 19.6 Å². The standard InChI is InChI=1S/C18H29N3O3S.H2O/c1-3-20(4-2)13-8-12-19-18(22)21-14-11-17(15-21)25(23,24)16-9-6-5-7-10-16;/h5-7,9-10,17H,3-4,8,11-15H2,1-2H3,(H,19,22);1H2. The van der Waals surface area contributed by atoms with E-state index in [0.717, 1.165) is 26.1 Å². The van der Waals surface area contributed by atoms with E-state index < -0.39 is 15.1 Å². The van der Waals surface area contributed by atoms with Crippen LogP contribution in [-0.2, 0) is 9.84 Å². The zero-order chi connectivity index (χ0) is 18.3. The molecule has 8 heteroatoms. The van der Waals surface area contributed by atoms with Crippen molar-refractivity contribution in [2.45, 2.75) is 36.8 Å². The third kappa shape index (κ3) is 5.69. The van der Waals surface area contributed by atoms with Gasteiger partial charge in [-0.05, 0) is 44.6 Å². The first-order valence-electron chi connectivity index (χ1n) is 9.03. The molecule has 1 unspecified atom stereocenters. The maximum Gasteiger partial charge on any atom is 0.317 e. The van der Waals surface area contributed by atoms with E-state index in [1.807, 2.05) is 0 Å². The molecule has 1 aromatic carbocycles. The fourth-order valence-electron chi connectivity index (χ4n) is 3.12. The number of likely N-dealkylation sites (tertiary alicyclic amines) is 1. The van der Waals surface area contributed by atoms with Crippen molar-refractivity contribution in [2.75, 3.05) is 39.3 Å². The summed E-state index contributed by atoms with van der Waals surface area (Å²) in [5, 5.41) is 2.39. The molecule has 0 aliphatic carbocycles. The molecule has 1 fully saturated rings. The van der Waals surface area contributed by atoms with Crippen LogP contribution in [0.2, 0.25) is 0 Å². The fraction of sp³-hybridized carbons (Fsp3) is 0.611. The van der Waals surface area contributed by atoms with E-state index in [4.69, 9.17) is 0 Å². The van der Waals surface area contributed by atoms with Gasteiger partial charge in [0.2, 0.25) is 0 Å². The van der Waals surface area contributed by atoms with Crippen molar-refractivity contribution in [3.63, 3.8) is 0 Å². The molecule has 0 bridgehead atoms. The van der Waals surface area contributed by atoms with E-state index in [1.165, 1.54) is 0 Å². The molecule has 0 aromatic heterocycles. The molecular formula is C18H31N3O4S. The molecule has 1 aliphatic heterocycles. The summed E-state index contributed by atoms with van der Waals surface area (Å²) in [6.07, 6.45) is 1.39. The minimum absolute atomic E-state index is 0. The number of rotatable bonds is 8. The molecule has 3 N–H and O–H groups in total. The molecule has 1 aliphatic rings. The van der Waals surface area contributed by atoms with Crippen molar-refractivity contribution in [2.24, 2.45) is 0 Å². The predicted octanol–water partition coefficient (Wildman–Crippen LogP) is 1.15. The number of urea groups is 1. The number of sulfone groups is 1. The van der Waals surface area contributed by atoms with Crippen LogP contribution in [0.25, 0.3) is 0 Å². The van der Waals surface area contributed by atoms with Gasteiger partial charge in [0.1, 0.15) is 0 Å². The molecular weight excluding hydrogens is 354 g/mol. The Kier molecular flexibility index (Phi) is 9.04. The quantitative estimate of drug-likeness (QED) is 0.678. The van der Waals surface area contributed by atoms with E-state index in [9.17, 15) is 13.2 Å². The third-order valence-corrected chi connectivity index (χ3v) is 6.96. The topological polar surface area (TPSA) is 101 Å². The molecule has 0 radical (unpaired) electrons. The number of nitrogens with one attached hydrogen (secondary N) is 1. The highest BCUT2D eigenvalue weighted by molar-refractivity contribution is 7.92. The average molecular weight is 386 g/mol. The van der Waals surface area contributed by atoms with Crippen LogP contribution in [0, 0.1) is 0 Å². The van der Waals surface area contributed by atoms with Crippen LogP contribution >= 0.6 is 0 Å². The molecule has 2 rings (SSSR count). The molecule has 7 nitrogen and oxygen atoms in total. The molecule has 148 valence electrons. The molecule has 0 spiro atoms. The zero-order valence-electron chi connectivity index (χ0n) is 15.6. The van der Waals surface area contributed by atoms with Gasteiger partial charge in [0.25, 0.3) is 0 Å². The van der Waals surface area contributed by atoms with Gasteiger partial charge in [-0.15, -0.1) is 0 Å². The maximum atomic E-state index is 12.6. The van der Waals surface area contributed by atoms with Crippen LogP contribution in [0.3, 0.4) is 0 Å². The largest absolute Gasteiger partial charge is 0.412 e. The van der Waals surface area contributed by atoms with Crippen molar-refractivity contribution < 1.29 is 18.7 Å². The average Bonchev–Trinajstić information content (AvgIpc) is 3.13. The summed E-state index contributed by atoms with van der Waals surface area (Å²) in [5.74, 6) is 0. The first-order chi connectivity index (χ1) is 12.0. The minimum atomic E-state index is -3.38. The fourth-order valence-corrected chi connectivity index (χ4v) is 4.83. The van der Waals surface area contributed by atoms with Crippen LogP contribution < -0.4 is 5.32 Å². The Morgan fingerprint density at radius 2 is 1.88 bits per heavy atom. The molecule has 2 amide bonds. The normalized spacial score (nSPS) is 17.2. The predicted molar refractivity (Wildman–Crippen MR) is 103 cm³/mol. The second-order valence-electron chi connectivity index (χ2n) is 6.33. The molecule has 1 saturated heterocycles. The highest BCUT2D eigenvalue weighted by Crippen LogP contribution is 2.23. The number of amides is 2. The number of hydrogen-bond acceptors (Lipinski definition) is 4. The van der Waals surface area contributed by atoms with Gasteiger partial charge in [-0.3, -0.25) is 0 Å². The van der Waals surface area contributed by atoms with Crippen LogP contribution in [0.4, 0.5) is 4.79 Å². The maximum absolute atomic E-state index is 12.6. The Bertz CT molecular complexity index is 648. The Labute approximate surface area is 156 Å². The summed E-state index contributed by atoms with van der Waals surface area (Å²) in [5.41, 5.74) is 0. The van der Waals surface area contributed by atoms with Crippen LogP contribution in [0.15, 0.2) is 35.2 Å². The van der Waals surface area contributed by atoms with Gasteiger partial charge in [0.15, 0.2) is 9.84 Å². The lowest BCUT2D eigenvalue weighted by Crippen LogP contribution is -2.40. The van der Waals surface area contributed by atoms with Gasteiger partial charge >= 0.3 is 6.03 Å². The summed E-state index contributed by atoms with van der Waals surface area (Å²) in [4.78, 5) is 16.5. The van der Waals surface area contributed by atoms with Gasteiger partial charge in [-0.25, -0.2) is 13.2 Å². The summed E-state index contributed by atoms with van der Waals surface area (Å²) in [7, 11) is -3.38. The number of nitrogens with zero attached hydrogens (tertiary/aromatic N) is 2. The lowest BCUT2D eigenvalue weighted by Gasteiger charge is -2.20. The van der Waals surface area contributed by atoms with E-state index in [1.54, 1.807) is 35.2 Å². The lowest BCUT2D eigenvalue weighted by atomic mass is 10.3. The highest BCUT2D eigenvalue weighted by atomic mass is 32.2. The second kappa shape index (κ2) is 10.5. The Morgan fingerprint density at radius 1 is 1.23 bits per heavy atom. The summed E-state index contributed by atoms with van der Waals surface area (Å²) < 4.78 is 25.3. The second-order valence-corrected chi connectivity index (χ2v) is 8.56. The minimum Gasteiger partial charge on any atom is -0.412 e. The number of hydrogen-bond donors (Lipinski definition) is 1. The van der Waals surface area contributed by atoms with Crippen molar-refractivity contribution in [3.05, 3.63) is 30.3 Å². The van der Waals surface area contributed by atoms with Crippen LogP contribution in [-0.4, -0.2) is 74.2 Å². The number of carbonyl (C=O) groups is 1. The van der Waals surface area contributed by atoms with Crippen molar-refractivity contribution in [1.82, 2.24) is 15.1 Å². The Hall–Kier alpha value is -1.64.